The van der Waals surface area contributed by atoms with Crippen molar-refractivity contribution < 1.29 is 14.0 Å². The van der Waals surface area contributed by atoms with Crippen LogP contribution in [-0.2, 0) is 16.1 Å². The SMILES string of the molecule is CCC1NC(=O)CCN(Cc2ccc(F)c(Br)c2)C1=O. The molecule has 0 aliphatic carbocycles. The molecule has 1 aliphatic heterocycles. The highest BCUT2D eigenvalue weighted by Gasteiger charge is 2.28. The van der Waals surface area contributed by atoms with Gasteiger partial charge in [0.1, 0.15) is 11.9 Å². The Morgan fingerprint density at radius 3 is 2.85 bits per heavy atom. The predicted octanol–water partition coefficient (Wildman–Crippen LogP) is 2.22. The summed E-state index contributed by atoms with van der Waals surface area (Å²) >= 11 is 3.13. The van der Waals surface area contributed by atoms with Gasteiger partial charge >= 0.3 is 0 Å². The van der Waals surface area contributed by atoms with Crippen LogP contribution in [0, 0.1) is 5.82 Å². The normalized spacial score (nSPS) is 19.8. The van der Waals surface area contributed by atoms with E-state index in [-0.39, 0.29) is 17.6 Å². The van der Waals surface area contributed by atoms with E-state index in [1.807, 2.05) is 6.92 Å². The lowest BCUT2D eigenvalue weighted by Gasteiger charge is -2.23. The second-order valence-corrected chi connectivity index (χ2v) is 5.64. The first-order chi connectivity index (χ1) is 9.51. The Hall–Kier alpha value is -1.43. The molecule has 2 amide bonds. The number of hydrogen-bond donors (Lipinski definition) is 1. The van der Waals surface area contributed by atoms with E-state index in [4.69, 9.17) is 0 Å². The summed E-state index contributed by atoms with van der Waals surface area (Å²) in [6.07, 6.45) is 0.860. The standard InChI is InChI=1S/C14H16BrFN2O2/c1-2-12-14(20)18(6-5-13(19)17-12)8-9-3-4-11(16)10(15)7-9/h3-4,7,12H,2,5-6,8H2,1H3,(H,17,19). The Bertz CT molecular complexity index is 536. The van der Waals surface area contributed by atoms with Gasteiger partial charge in [-0.2, -0.15) is 0 Å². The molecule has 0 spiro atoms. The molecule has 1 atom stereocenters. The Kier molecular flexibility index (Phi) is 4.75. The van der Waals surface area contributed by atoms with E-state index in [0.29, 0.717) is 30.4 Å². The molecule has 0 radical (unpaired) electrons. The summed E-state index contributed by atoms with van der Waals surface area (Å²) in [6, 6.07) is 4.20. The van der Waals surface area contributed by atoms with Gasteiger partial charge in [-0.3, -0.25) is 9.59 Å². The molecule has 0 saturated carbocycles. The van der Waals surface area contributed by atoms with Crippen molar-refractivity contribution in [3.63, 3.8) is 0 Å². The van der Waals surface area contributed by atoms with Crippen LogP contribution in [0.5, 0.6) is 0 Å². The van der Waals surface area contributed by atoms with Crippen LogP contribution in [0.25, 0.3) is 0 Å². The number of carbonyl (C=O) groups is 2. The fourth-order valence-corrected chi connectivity index (χ4v) is 2.61. The van der Waals surface area contributed by atoms with Crippen LogP contribution < -0.4 is 5.32 Å². The summed E-state index contributed by atoms with van der Waals surface area (Å²) in [4.78, 5) is 25.5. The molecule has 1 heterocycles. The molecule has 1 aromatic rings. The van der Waals surface area contributed by atoms with Crippen molar-refractivity contribution in [2.45, 2.75) is 32.4 Å². The van der Waals surface area contributed by atoms with E-state index in [9.17, 15) is 14.0 Å². The summed E-state index contributed by atoms with van der Waals surface area (Å²) in [6.45, 7) is 2.63. The third-order valence-corrected chi connectivity index (χ3v) is 3.93. The maximum atomic E-state index is 13.2. The lowest BCUT2D eigenvalue weighted by atomic mass is 10.1. The van der Waals surface area contributed by atoms with E-state index in [0.717, 1.165) is 5.56 Å². The van der Waals surface area contributed by atoms with Crippen LogP contribution in [-0.4, -0.2) is 29.3 Å². The smallest absolute Gasteiger partial charge is 0.245 e. The van der Waals surface area contributed by atoms with Gasteiger partial charge in [-0.15, -0.1) is 0 Å². The average Bonchev–Trinajstić information content (AvgIpc) is 2.55. The topological polar surface area (TPSA) is 49.4 Å². The molecular formula is C14H16BrFN2O2. The van der Waals surface area contributed by atoms with E-state index >= 15 is 0 Å². The van der Waals surface area contributed by atoms with Crippen LogP contribution in [0.1, 0.15) is 25.3 Å². The minimum absolute atomic E-state index is 0.0844. The second kappa shape index (κ2) is 6.35. The quantitative estimate of drug-likeness (QED) is 0.915. The number of benzene rings is 1. The number of nitrogens with zero attached hydrogens (tertiary/aromatic N) is 1. The monoisotopic (exact) mass is 342 g/mol. The summed E-state index contributed by atoms with van der Waals surface area (Å²) in [7, 11) is 0. The number of rotatable bonds is 3. The molecule has 0 aromatic heterocycles. The van der Waals surface area contributed by atoms with Gasteiger partial charge < -0.3 is 10.2 Å². The molecule has 1 aromatic carbocycles. The highest BCUT2D eigenvalue weighted by Crippen LogP contribution is 2.19. The maximum Gasteiger partial charge on any atom is 0.245 e. The second-order valence-electron chi connectivity index (χ2n) is 4.79. The molecule has 1 aliphatic rings. The Morgan fingerprint density at radius 2 is 2.20 bits per heavy atom. The van der Waals surface area contributed by atoms with Gasteiger partial charge in [-0.1, -0.05) is 13.0 Å². The van der Waals surface area contributed by atoms with Gasteiger partial charge in [0.05, 0.1) is 4.47 Å². The van der Waals surface area contributed by atoms with Gasteiger partial charge in [-0.25, -0.2) is 4.39 Å². The first-order valence-corrected chi connectivity index (χ1v) is 7.32. The van der Waals surface area contributed by atoms with Crippen molar-refractivity contribution in [2.75, 3.05) is 6.54 Å². The first-order valence-electron chi connectivity index (χ1n) is 6.53. The van der Waals surface area contributed by atoms with Crippen LogP contribution in [0.3, 0.4) is 0 Å². The van der Waals surface area contributed by atoms with Gasteiger partial charge in [0.25, 0.3) is 0 Å². The van der Waals surface area contributed by atoms with Crippen molar-refractivity contribution in [3.05, 3.63) is 34.1 Å². The fourth-order valence-electron chi connectivity index (χ4n) is 2.19. The number of hydrogen-bond acceptors (Lipinski definition) is 2. The average molecular weight is 343 g/mol. The van der Waals surface area contributed by atoms with Crippen LogP contribution in [0.4, 0.5) is 4.39 Å². The van der Waals surface area contributed by atoms with E-state index in [2.05, 4.69) is 21.2 Å². The first kappa shape index (κ1) is 15.0. The van der Waals surface area contributed by atoms with Gasteiger partial charge in [0, 0.05) is 19.5 Å². The molecule has 20 heavy (non-hydrogen) atoms. The van der Waals surface area contributed by atoms with E-state index in [1.165, 1.54) is 6.07 Å². The zero-order valence-electron chi connectivity index (χ0n) is 11.2. The number of amides is 2. The van der Waals surface area contributed by atoms with Crippen molar-refractivity contribution in [1.29, 1.82) is 0 Å². The minimum Gasteiger partial charge on any atom is -0.344 e. The molecule has 2 rings (SSSR count). The predicted molar refractivity (Wildman–Crippen MR) is 76.4 cm³/mol. The minimum atomic E-state index is -0.464. The number of halogens is 2. The summed E-state index contributed by atoms with van der Waals surface area (Å²) in [5, 5.41) is 2.72. The Labute approximate surface area is 125 Å². The molecular weight excluding hydrogens is 327 g/mol. The molecule has 1 N–H and O–H groups in total. The van der Waals surface area contributed by atoms with Gasteiger partial charge in [0.2, 0.25) is 11.8 Å². The van der Waals surface area contributed by atoms with Crippen LogP contribution in [0.2, 0.25) is 0 Å². The van der Waals surface area contributed by atoms with E-state index in [1.54, 1.807) is 17.0 Å². The fraction of sp³-hybridized carbons (Fsp3) is 0.429. The third kappa shape index (κ3) is 3.36. The number of nitrogens with one attached hydrogen (secondary N) is 1. The van der Waals surface area contributed by atoms with Crippen LogP contribution in [0.15, 0.2) is 22.7 Å². The Morgan fingerprint density at radius 1 is 1.45 bits per heavy atom. The zero-order valence-corrected chi connectivity index (χ0v) is 12.7. The number of carbonyl (C=O) groups excluding carboxylic acids is 2. The van der Waals surface area contributed by atoms with E-state index < -0.39 is 6.04 Å². The summed E-state index contributed by atoms with van der Waals surface area (Å²) in [5.41, 5.74) is 0.829. The summed E-state index contributed by atoms with van der Waals surface area (Å²) < 4.78 is 13.6. The lowest BCUT2D eigenvalue weighted by Crippen LogP contribution is -2.43. The Balaban J connectivity index is 2.15. The van der Waals surface area contributed by atoms with Crippen molar-refractivity contribution in [1.82, 2.24) is 10.2 Å². The third-order valence-electron chi connectivity index (χ3n) is 3.32. The highest BCUT2D eigenvalue weighted by atomic mass is 79.9. The largest absolute Gasteiger partial charge is 0.344 e. The van der Waals surface area contributed by atoms with Crippen molar-refractivity contribution in [3.8, 4) is 0 Å². The highest BCUT2D eigenvalue weighted by molar-refractivity contribution is 9.10. The zero-order chi connectivity index (χ0) is 14.7. The molecule has 1 saturated heterocycles. The molecule has 4 nitrogen and oxygen atoms in total. The van der Waals surface area contributed by atoms with Crippen LogP contribution >= 0.6 is 15.9 Å². The molecule has 0 bridgehead atoms. The maximum absolute atomic E-state index is 13.2. The van der Waals surface area contributed by atoms with Crippen molar-refractivity contribution >= 4 is 27.7 Å². The van der Waals surface area contributed by atoms with Crippen molar-refractivity contribution in [2.24, 2.45) is 0 Å². The van der Waals surface area contributed by atoms with Gasteiger partial charge in [0.15, 0.2) is 0 Å². The molecule has 6 heteroatoms. The van der Waals surface area contributed by atoms with Gasteiger partial charge in [-0.05, 0) is 40.0 Å². The molecule has 1 unspecified atom stereocenters. The molecule has 108 valence electrons. The molecule has 1 fully saturated rings. The summed E-state index contributed by atoms with van der Waals surface area (Å²) in [5.74, 6) is -0.522. The lowest BCUT2D eigenvalue weighted by molar-refractivity contribution is -0.134.